The van der Waals surface area contributed by atoms with Crippen LogP contribution in [0.4, 0.5) is 20.6 Å². The van der Waals surface area contributed by atoms with E-state index in [1.54, 1.807) is 26.8 Å². The summed E-state index contributed by atoms with van der Waals surface area (Å²) in [4.78, 5) is 11.8. The molecule has 0 aromatic heterocycles. The second-order valence-corrected chi connectivity index (χ2v) is 6.72. The largest absolute Gasteiger partial charge is 0.444 e. The van der Waals surface area contributed by atoms with E-state index in [1.807, 2.05) is 0 Å². The molecule has 0 fully saturated rings. The number of hydrogen-bond acceptors (Lipinski definition) is 3. The van der Waals surface area contributed by atoms with Crippen LogP contribution in [-0.2, 0) is 4.74 Å². The highest BCUT2D eigenvalue weighted by Gasteiger charge is 2.17. The molecule has 1 aromatic rings. The number of anilines is 2. The normalized spacial score (nSPS) is 12.9. The van der Waals surface area contributed by atoms with Crippen LogP contribution in [0.3, 0.4) is 0 Å². The number of hydrogen-bond donors (Lipinski definition) is 2. The van der Waals surface area contributed by atoms with Crippen molar-refractivity contribution in [1.82, 2.24) is 0 Å². The Bertz CT molecular complexity index is 510. The van der Waals surface area contributed by atoms with E-state index in [9.17, 15) is 9.18 Å². The Morgan fingerprint density at radius 2 is 1.95 bits per heavy atom. The van der Waals surface area contributed by atoms with Crippen LogP contribution in [0.25, 0.3) is 0 Å². The molecule has 1 amide bonds. The van der Waals surface area contributed by atoms with Crippen LogP contribution >= 0.6 is 0 Å². The zero-order valence-electron chi connectivity index (χ0n) is 14.3. The van der Waals surface area contributed by atoms with E-state index < -0.39 is 11.7 Å². The van der Waals surface area contributed by atoms with Gasteiger partial charge in [0.1, 0.15) is 11.4 Å². The van der Waals surface area contributed by atoms with Crippen molar-refractivity contribution in [1.29, 1.82) is 0 Å². The standard InChI is InChI=1S/C17H27FN2O2/c1-7-14(11(2)3)20-15-10-12(8-9-13(15)18)19-16(21)22-17(4,5)6/h8-11,14,20H,7H2,1-6H3,(H,19,21). The Morgan fingerprint density at radius 1 is 1.32 bits per heavy atom. The van der Waals surface area contributed by atoms with E-state index in [-0.39, 0.29) is 11.9 Å². The van der Waals surface area contributed by atoms with Crippen LogP contribution < -0.4 is 10.6 Å². The van der Waals surface area contributed by atoms with Crippen molar-refractivity contribution in [3.63, 3.8) is 0 Å². The van der Waals surface area contributed by atoms with Gasteiger partial charge in [-0.05, 0) is 51.3 Å². The summed E-state index contributed by atoms with van der Waals surface area (Å²) in [6.45, 7) is 11.6. The lowest BCUT2D eigenvalue weighted by molar-refractivity contribution is 0.0636. The third-order valence-electron chi connectivity index (χ3n) is 3.20. The highest BCUT2D eigenvalue weighted by Crippen LogP contribution is 2.23. The molecule has 0 saturated carbocycles. The first kappa shape index (κ1) is 18.3. The number of rotatable bonds is 5. The van der Waals surface area contributed by atoms with Gasteiger partial charge in [0.15, 0.2) is 0 Å². The molecular weight excluding hydrogens is 283 g/mol. The predicted molar refractivity (Wildman–Crippen MR) is 88.8 cm³/mol. The fourth-order valence-electron chi connectivity index (χ4n) is 2.07. The van der Waals surface area contributed by atoms with Crippen molar-refractivity contribution in [3.05, 3.63) is 24.0 Å². The van der Waals surface area contributed by atoms with Gasteiger partial charge in [-0.15, -0.1) is 0 Å². The first-order valence-electron chi connectivity index (χ1n) is 7.68. The second-order valence-electron chi connectivity index (χ2n) is 6.72. The maximum Gasteiger partial charge on any atom is 0.412 e. The number of carbonyl (C=O) groups is 1. The molecule has 0 aliphatic heterocycles. The summed E-state index contributed by atoms with van der Waals surface area (Å²) < 4.78 is 19.1. The highest BCUT2D eigenvalue weighted by molar-refractivity contribution is 5.85. The van der Waals surface area contributed by atoms with E-state index >= 15 is 0 Å². The summed E-state index contributed by atoms with van der Waals surface area (Å²) in [5, 5.41) is 5.81. The molecule has 5 heteroatoms. The minimum Gasteiger partial charge on any atom is -0.444 e. The second kappa shape index (κ2) is 7.47. The Labute approximate surface area is 132 Å². The molecule has 0 heterocycles. The van der Waals surface area contributed by atoms with E-state index in [0.717, 1.165) is 6.42 Å². The summed E-state index contributed by atoms with van der Waals surface area (Å²) in [6.07, 6.45) is 0.335. The zero-order valence-corrected chi connectivity index (χ0v) is 14.3. The molecular formula is C17H27FN2O2. The van der Waals surface area contributed by atoms with E-state index in [1.165, 1.54) is 12.1 Å². The molecule has 0 aliphatic rings. The number of nitrogens with one attached hydrogen (secondary N) is 2. The first-order valence-corrected chi connectivity index (χ1v) is 7.68. The van der Waals surface area contributed by atoms with Gasteiger partial charge in [0.2, 0.25) is 0 Å². The number of ether oxygens (including phenoxy) is 1. The van der Waals surface area contributed by atoms with E-state index in [4.69, 9.17) is 4.74 Å². The summed E-state index contributed by atoms with van der Waals surface area (Å²) in [5.41, 5.74) is 0.307. The average Bonchev–Trinajstić information content (AvgIpc) is 2.36. The fourth-order valence-corrected chi connectivity index (χ4v) is 2.07. The SMILES string of the molecule is CCC(Nc1cc(NC(=O)OC(C)(C)C)ccc1F)C(C)C. The first-order chi connectivity index (χ1) is 10.1. The van der Waals surface area contributed by atoms with E-state index in [0.29, 0.717) is 17.3 Å². The lowest BCUT2D eigenvalue weighted by Crippen LogP contribution is -2.27. The van der Waals surface area contributed by atoms with Gasteiger partial charge in [-0.25, -0.2) is 9.18 Å². The summed E-state index contributed by atoms with van der Waals surface area (Å²) in [5.74, 6) is 0.0423. The van der Waals surface area contributed by atoms with Gasteiger partial charge in [0.05, 0.1) is 5.69 Å². The summed E-state index contributed by atoms with van der Waals surface area (Å²) >= 11 is 0. The fraction of sp³-hybridized carbons (Fsp3) is 0.588. The third-order valence-corrected chi connectivity index (χ3v) is 3.20. The average molecular weight is 310 g/mol. The quantitative estimate of drug-likeness (QED) is 0.803. The van der Waals surface area contributed by atoms with Crippen molar-refractivity contribution < 1.29 is 13.9 Å². The lowest BCUT2D eigenvalue weighted by atomic mass is 10.0. The van der Waals surface area contributed by atoms with Crippen molar-refractivity contribution in [2.24, 2.45) is 5.92 Å². The maximum atomic E-state index is 13.9. The molecule has 0 aliphatic carbocycles. The molecule has 1 atom stereocenters. The molecule has 1 unspecified atom stereocenters. The van der Waals surface area contributed by atoms with Crippen LogP contribution in [0.2, 0.25) is 0 Å². The molecule has 2 N–H and O–H groups in total. The highest BCUT2D eigenvalue weighted by atomic mass is 19.1. The molecule has 4 nitrogen and oxygen atoms in total. The Kier molecular flexibility index (Phi) is 6.21. The smallest absolute Gasteiger partial charge is 0.412 e. The number of carbonyl (C=O) groups excluding carboxylic acids is 1. The molecule has 124 valence electrons. The van der Waals surface area contributed by atoms with Crippen molar-refractivity contribution >= 4 is 17.5 Å². The van der Waals surface area contributed by atoms with Crippen LogP contribution in [-0.4, -0.2) is 17.7 Å². The van der Waals surface area contributed by atoms with Gasteiger partial charge in [0.25, 0.3) is 0 Å². The molecule has 0 saturated heterocycles. The van der Waals surface area contributed by atoms with Gasteiger partial charge in [-0.1, -0.05) is 20.8 Å². The monoisotopic (exact) mass is 310 g/mol. The Hall–Kier alpha value is -1.78. The predicted octanol–water partition coefficient (Wildman–Crippen LogP) is 5.02. The van der Waals surface area contributed by atoms with Crippen molar-refractivity contribution in [3.8, 4) is 0 Å². The minimum absolute atomic E-state index is 0.172. The third kappa shape index (κ3) is 5.92. The Morgan fingerprint density at radius 3 is 2.45 bits per heavy atom. The topological polar surface area (TPSA) is 50.4 Å². The van der Waals surface area contributed by atoms with Crippen LogP contribution in [0, 0.1) is 11.7 Å². The number of halogens is 1. The van der Waals surface area contributed by atoms with Crippen molar-refractivity contribution in [2.75, 3.05) is 10.6 Å². The molecule has 1 rings (SSSR count). The molecule has 22 heavy (non-hydrogen) atoms. The molecule has 0 spiro atoms. The number of benzene rings is 1. The maximum absolute atomic E-state index is 13.9. The van der Waals surface area contributed by atoms with Crippen LogP contribution in [0.15, 0.2) is 18.2 Å². The summed E-state index contributed by atoms with van der Waals surface area (Å²) in [6, 6.07) is 4.61. The van der Waals surface area contributed by atoms with Crippen LogP contribution in [0.1, 0.15) is 48.0 Å². The van der Waals surface area contributed by atoms with Crippen molar-refractivity contribution in [2.45, 2.75) is 59.6 Å². The molecule has 1 aromatic carbocycles. The van der Waals surface area contributed by atoms with Gasteiger partial charge in [-0.2, -0.15) is 0 Å². The van der Waals surface area contributed by atoms with Gasteiger partial charge >= 0.3 is 6.09 Å². The zero-order chi connectivity index (χ0) is 16.9. The molecule has 0 radical (unpaired) electrons. The van der Waals surface area contributed by atoms with Crippen LogP contribution in [0.5, 0.6) is 0 Å². The van der Waals surface area contributed by atoms with Gasteiger partial charge < -0.3 is 10.1 Å². The minimum atomic E-state index is -0.573. The number of amides is 1. The summed E-state index contributed by atoms with van der Waals surface area (Å²) in [7, 11) is 0. The lowest BCUT2D eigenvalue weighted by Gasteiger charge is -2.23. The van der Waals surface area contributed by atoms with Gasteiger partial charge in [-0.3, -0.25) is 5.32 Å². The Balaban J connectivity index is 2.83. The van der Waals surface area contributed by atoms with E-state index in [2.05, 4.69) is 31.4 Å². The molecule has 0 bridgehead atoms. The van der Waals surface area contributed by atoms with Gasteiger partial charge in [0, 0.05) is 11.7 Å².